The van der Waals surface area contributed by atoms with Crippen LogP contribution in [0.15, 0.2) is 11.1 Å². The zero-order valence-electron chi connectivity index (χ0n) is 16.2. The molecule has 1 aliphatic heterocycles. The van der Waals surface area contributed by atoms with Gasteiger partial charge in [0.2, 0.25) is 5.95 Å². The van der Waals surface area contributed by atoms with Gasteiger partial charge >= 0.3 is 23.5 Å². The summed E-state index contributed by atoms with van der Waals surface area (Å²) < 4.78 is 79.9. The van der Waals surface area contributed by atoms with Crippen LogP contribution >= 0.6 is 23.5 Å². The van der Waals surface area contributed by atoms with Crippen LogP contribution in [0.2, 0.25) is 0 Å². The molecule has 2 aromatic rings. The summed E-state index contributed by atoms with van der Waals surface area (Å²) in [6, 6.07) is 0. The van der Waals surface area contributed by atoms with Gasteiger partial charge in [0.15, 0.2) is 29.2 Å². The van der Waals surface area contributed by atoms with Crippen LogP contribution < -0.4 is 11.3 Å². The number of nitrogens with one attached hydrogen (secondary N) is 1. The number of anilines is 1. The molecule has 192 valence electrons. The number of aliphatic hydroxyl groups excluding tert-OH is 1. The number of rotatable bonds is 9. The van der Waals surface area contributed by atoms with Gasteiger partial charge in [-0.3, -0.25) is 18.9 Å². The summed E-state index contributed by atoms with van der Waals surface area (Å²) in [6.45, 7) is -3.22. The van der Waals surface area contributed by atoms with Crippen molar-refractivity contribution < 1.29 is 65.0 Å². The molecule has 0 spiro atoms. The van der Waals surface area contributed by atoms with Gasteiger partial charge in [0.25, 0.3) is 5.56 Å². The Hall–Kier alpha value is -1.66. The van der Waals surface area contributed by atoms with Gasteiger partial charge in [-0.25, -0.2) is 27.5 Å². The van der Waals surface area contributed by atoms with Crippen LogP contribution in [0.25, 0.3) is 11.2 Å². The maximum atomic E-state index is 14.9. The van der Waals surface area contributed by atoms with Gasteiger partial charge in [0.05, 0.1) is 12.9 Å². The number of nitrogens with two attached hydrogens (primary N) is 1. The number of imidazole rings is 1. The largest absolute Gasteiger partial charge is 0.490 e. The van der Waals surface area contributed by atoms with Crippen molar-refractivity contribution in [3.63, 3.8) is 0 Å². The summed E-state index contributed by atoms with van der Waals surface area (Å²) in [7, 11) is -17.3. The second kappa shape index (κ2) is 9.09. The molecule has 23 heteroatoms. The number of phosphoric ester groups is 1. The van der Waals surface area contributed by atoms with Crippen molar-refractivity contribution in [2.45, 2.75) is 24.1 Å². The van der Waals surface area contributed by atoms with E-state index in [1.165, 1.54) is 0 Å². The number of phosphoric acid groups is 3. The summed E-state index contributed by atoms with van der Waals surface area (Å²) >= 11 is 0. The quantitative estimate of drug-likeness (QED) is 0.182. The van der Waals surface area contributed by atoms with Crippen molar-refractivity contribution >= 4 is 40.6 Å². The van der Waals surface area contributed by atoms with Crippen LogP contribution in [0.4, 0.5) is 14.7 Å². The zero-order valence-corrected chi connectivity index (χ0v) is 18.9. The molecule has 1 aliphatic rings. The second-order valence-electron chi connectivity index (χ2n) is 6.74. The summed E-state index contributed by atoms with van der Waals surface area (Å²) in [5.74, 6) is -0.391. The molecule has 8 N–H and O–H groups in total. The third-order valence-corrected chi connectivity index (χ3v) is 8.09. The predicted octanol–water partition coefficient (Wildman–Crippen LogP) is -1.02. The average Bonchev–Trinajstić information content (AvgIpc) is 3.18. The first kappa shape index (κ1) is 26.9. The van der Waals surface area contributed by atoms with Crippen LogP contribution in [-0.2, 0) is 31.6 Å². The Bertz CT molecular complexity index is 1280. The monoisotopic (exact) mass is 557 g/mol. The summed E-state index contributed by atoms with van der Waals surface area (Å²) in [4.78, 5) is 57.2. The Morgan fingerprint density at radius 3 is 2.47 bits per heavy atom. The molecule has 34 heavy (non-hydrogen) atoms. The van der Waals surface area contributed by atoms with E-state index in [9.17, 15) is 37.3 Å². The Kier molecular flexibility index (Phi) is 7.20. The first-order chi connectivity index (χ1) is 15.5. The standard InChI is InChI=1S/C11H16F2N5O13P3/c12-1-11(2-28-33(24,25)31-34(26,27)30-32(21,22)23)6(19)4(13)9(29-11)18-3-15-5-7(18)16-10(14)17-8(5)20/h3-4,6,9,19H,1-2H2,(H,24,25)(H,26,27)(H2,21,22,23)(H3,14,16,17,20)/t4-,6+,9?,11-/m1/s1. The van der Waals surface area contributed by atoms with Gasteiger partial charge in [-0.15, -0.1) is 0 Å². The highest BCUT2D eigenvalue weighted by atomic mass is 31.3. The number of fused-ring (bicyclic) bond motifs is 1. The molecular formula is C11H16F2N5O13P3. The lowest BCUT2D eigenvalue weighted by Crippen LogP contribution is -2.48. The van der Waals surface area contributed by atoms with Crippen LogP contribution in [-0.4, -0.2) is 75.4 Å². The van der Waals surface area contributed by atoms with E-state index in [4.69, 9.17) is 25.2 Å². The number of nitrogen functional groups attached to an aromatic ring is 1. The van der Waals surface area contributed by atoms with E-state index in [2.05, 4.69) is 28.1 Å². The Balaban J connectivity index is 1.83. The molecule has 2 aromatic heterocycles. The second-order valence-corrected chi connectivity index (χ2v) is 11.2. The number of ether oxygens (including phenoxy) is 1. The molecule has 0 saturated carbocycles. The number of H-pyrrole nitrogens is 1. The fourth-order valence-electron chi connectivity index (χ4n) is 2.92. The van der Waals surface area contributed by atoms with Crippen molar-refractivity contribution in [2.24, 2.45) is 0 Å². The van der Waals surface area contributed by atoms with Crippen molar-refractivity contribution in [1.29, 1.82) is 0 Å². The van der Waals surface area contributed by atoms with Crippen molar-refractivity contribution in [1.82, 2.24) is 19.5 Å². The maximum Gasteiger partial charge on any atom is 0.490 e. The van der Waals surface area contributed by atoms with E-state index in [1.807, 2.05) is 0 Å². The molecule has 0 aromatic carbocycles. The van der Waals surface area contributed by atoms with Crippen LogP contribution in [0.1, 0.15) is 6.23 Å². The SMILES string of the molecule is Nc1nc2c(ncn2C2O[C@](CF)(COP(=O)(O)OP(=O)(O)OP(=O)(O)O)[C@@H](O)[C@H]2F)c(=O)[nH]1. The highest BCUT2D eigenvalue weighted by Gasteiger charge is 2.58. The van der Waals surface area contributed by atoms with E-state index < -0.39 is 72.4 Å². The summed E-state index contributed by atoms with van der Waals surface area (Å²) in [6.07, 6.45) is -5.88. The molecule has 1 fully saturated rings. The molecular weight excluding hydrogens is 541 g/mol. The Labute approximate surface area is 185 Å². The molecule has 0 amide bonds. The number of halogens is 2. The topological polar surface area (TPSA) is 279 Å². The molecule has 0 aliphatic carbocycles. The minimum Gasteiger partial charge on any atom is -0.387 e. The number of nitrogens with zero attached hydrogens (tertiary/aromatic N) is 3. The lowest BCUT2D eigenvalue weighted by Gasteiger charge is -2.29. The molecule has 0 radical (unpaired) electrons. The minimum atomic E-state index is -5.88. The summed E-state index contributed by atoms with van der Waals surface area (Å²) in [5, 5.41) is 10.2. The molecule has 3 rings (SSSR count). The van der Waals surface area contributed by atoms with E-state index in [0.717, 1.165) is 10.9 Å². The smallest absolute Gasteiger partial charge is 0.387 e. The fourth-order valence-corrected chi connectivity index (χ4v) is 6.00. The number of hydrogen-bond donors (Lipinski definition) is 7. The highest BCUT2D eigenvalue weighted by Crippen LogP contribution is 2.66. The van der Waals surface area contributed by atoms with E-state index >= 15 is 0 Å². The lowest BCUT2D eigenvalue weighted by atomic mass is 9.98. The third-order valence-electron chi connectivity index (χ3n) is 4.31. The van der Waals surface area contributed by atoms with Crippen molar-refractivity contribution in [3.8, 4) is 0 Å². The predicted molar refractivity (Wildman–Crippen MR) is 102 cm³/mol. The van der Waals surface area contributed by atoms with Crippen molar-refractivity contribution in [2.75, 3.05) is 19.0 Å². The maximum absolute atomic E-state index is 14.9. The van der Waals surface area contributed by atoms with E-state index in [-0.39, 0.29) is 11.2 Å². The number of aromatic amines is 1. The van der Waals surface area contributed by atoms with Gasteiger partial charge in [-0.05, 0) is 0 Å². The van der Waals surface area contributed by atoms with Crippen LogP contribution in [0.3, 0.4) is 0 Å². The van der Waals surface area contributed by atoms with Gasteiger partial charge < -0.3 is 35.2 Å². The van der Waals surface area contributed by atoms with Gasteiger partial charge in [-0.1, -0.05) is 0 Å². The first-order valence-electron chi connectivity index (χ1n) is 8.56. The normalized spacial score (nSPS) is 29.2. The molecule has 3 unspecified atom stereocenters. The van der Waals surface area contributed by atoms with Gasteiger partial charge in [0.1, 0.15) is 12.8 Å². The van der Waals surface area contributed by atoms with Gasteiger partial charge in [0, 0.05) is 0 Å². The van der Waals surface area contributed by atoms with Crippen LogP contribution in [0.5, 0.6) is 0 Å². The van der Waals surface area contributed by atoms with E-state index in [0.29, 0.717) is 0 Å². The first-order valence-corrected chi connectivity index (χ1v) is 13.1. The molecule has 1 saturated heterocycles. The third kappa shape index (κ3) is 5.59. The zero-order chi connectivity index (χ0) is 25.7. The number of hydrogen-bond acceptors (Lipinski definition) is 12. The Morgan fingerprint density at radius 2 is 1.88 bits per heavy atom. The average molecular weight is 557 g/mol. The number of aliphatic hydroxyl groups is 1. The molecule has 0 bridgehead atoms. The van der Waals surface area contributed by atoms with Crippen molar-refractivity contribution in [3.05, 3.63) is 16.7 Å². The number of aromatic nitrogens is 4. The van der Waals surface area contributed by atoms with Gasteiger partial charge in [-0.2, -0.15) is 13.6 Å². The number of alkyl halides is 2. The van der Waals surface area contributed by atoms with E-state index in [1.54, 1.807) is 0 Å². The summed E-state index contributed by atoms with van der Waals surface area (Å²) in [5.41, 5.74) is 1.28. The molecule has 18 nitrogen and oxygen atoms in total. The lowest BCUT2D eigenvalue weighted by molar-refractivity contribution is -0.134. The fraction of sp³-hybridized carbons (Fsp3) is 0.545. The Morgan fingerprint density at radius 1 is 1.24 bits per heavy atom. The molecule has 3 heterocycles. The van der Waals surface area contributed by atoms with Crippen LogP contribution in [0, 0.1) is 0 Å². The minimum absolute atomic E-state index is 0.314. The highest BCUT2D eigenvalue weighted by molar-refractivity contribution is 7.66. The molecule has 6 atom stereocenters.